The van der Waals surface area contributed by atoms with E-state index in [-0.39, 0.29) is 37.2 Å². The summed E-state index contributed by atoms with van der Waals surface area (Å²) >= 11 is 0. The fourth-order valence-corrected chi connectivity index (χ4v) is 4.89. The number of guanidine groups is 1. The highest BCUT2D eigenvalue weighted by molar-refractivity contribution is 6.09. The van der Waals surface area contributed by atoms with Crippen LogP contribution in [0.3, 0.4) is 0 Å². The summed E-state index contributed by atoms with van der Waals surface area (Å²) in [6.07, 6.45) is -9.46. The lowest BCUT2D eigenvalue weighted by Crippen LogP contribution is -2.53. The molecule has 2 aromatic carbocycles. The predicted molar refractivity (Wildman–Crippen MR) is 119 cm³/mol. The van der Waals surface area contributed by atoms with Crippen LogP contribution in [0.1, 0.15) is 28.7 Å². The molecule has 0 fully saturated rings. The Morgan fingerprint density at radius 3 is 2.11 bits per heavy atom. The molecular formula is C25H21F7N4O. The Morgan fingerprint density at radius 1 is 0.838 bits per heavy atom. The summed E-state index contributed by atoms with van der Waals surface area (Å²) in [4.78, 5) is 23.0. The Kier molecular flexibility index (Phi) is 6.25. The first kappa shape index (κ1) is 25.2. The number of hydrogen-bond acceptors (Lipinski definition) is 4. The second-order valence-corrected chi connectivity index (χ2v) is 9.15. The molecule has 0 N–H and O–H groups in total. The first-order chi connectivity index (χ1) is 17.4. The van der Waals surface area contributed by atoms with Crippen molar-refractivity contribution in [1.82, 2.24) is 14.7 Å². The van der Waals surface area contributed by atoms with Crippen molar-refractivity contribution in [2.45, 2.75) is 31.9 Å². The van der Waals surface area contributed by atoms with Gasteiger partial charge >= 0.3 is 12.4 Å². The fraction of sp³-hybridized carbons (Fsp3) is 0.360. The maximum absolute atomic E-state index is 13.5. The van der Waals surface area contributed by atoms with E-state index in [0.29, 0.717) is 55.3 Å². The molecule has 0 saturated heterocycles. The van der Waals surface area contributed by atoms with Gasteiger partial charge in [0, 0.05) is 38.3 Å². The molecule has 0 atom stereocenters. The first-order valence-corrected chi connectivity index (χ1v) is 11.5. The molecule has 0 spiro atoms. The standard InChI is InChI=1S/C25H21F7N4O/c26-19-3-1-15(2-4-19)13-36-22(37)20-14-34(7-5-21(20)35-8-6-33-23(35)36)12-16-9-17(24(27,28)29)11-18(10-16)25(30,31)32/h1-4,9-11H,5-8,12-14H2. The van der Waals surface area contributed by atoms with Crippen molar-refractivity contribution >= 4 is 11.9 Å². The van der Waals surface area contributed by atoms with E-state index in [0.717, 1.165) is 5.70 Å². The lowest BCUT2D eigenvalue weighted by atomic mass is 9.99. The Morgan fingerprint density at radius 2 is 1.49 bits per heavy atom. The molecule has 3 aliphatic rings. The second kappa shape index (κ2) is 9.16. The van der Waals surface area contributed by atoms with Gasteiger partial charge in [-0.3, -0.25) is 19.6 Å². The zero-order valence-electron chi connectivity index (χ0n) is 19.3. The van der Waals surface area contributed by atoms with Crippen molar-refractivity contribution in [1.29, 1.82) is 0 Å². The molecule has 0 aliphatic carbocycles. The van der Waals surface area contributed by atoms with Crippen LogP contribution in [0, 0.1) is 5.82 Å². The normalized spacial score (nSPS) is 18.8. The van der Waals surface area contributed by atoms with E-state index in [1.807, 2.05) is 4.90 Å². The second-order valence-electron chi connectivity index (χ2n) is 9.15. The van der Waals surface area contributed by atoms with Crippen LogP contribution >= 0.6 is 0 Å². The maximum atomic E-state index is 13.5. The average molecular weight is 526 g/mol. The highest BCUT2D eigenvalue weighted by atomic mass is 19.4. The highest BCUT2D eigenvalue weighted by Gasteiger charge is 2.41. The summed E-state index contributed by atoms with van der Waals surface area (Å²) in [7, 11) is 0. The summed E-state index contributed by atoms with van der Waals surface area (Å²) in [5.74, 6) is -0.250. The monoisotopic (exact) mass is 526 g/mol. The van der Waals surface area contributed by atoms with Crippen molar-refractivity contribution in [2.24, 2.45) is 4.99 Å². The molecule has 2 aromatic rings. The van der Waals surface area contributed by atoms with Crippen molar-refractivity contribution < 1.29 is 35.5 Å². The number of carbonyl (C=O) groups excluding carboxylic acids is 1. The van der Waals surface area contributed by atoms with E-state index in [9.17, 15) is 35.5 Å². The smallest absolute Gasteiger partial charge is 0.314 e. The third kappa shape index (κ3) is 5.07. The third-order valence-corrected chi connectivity index (χ3v) is 6.59. The van der Waals surface area contributed by atoms with Gasteiger partial charge in [-0.15, -0.1) is 0 Å². The van der Waals surface area contributed by atoms with Gasteiger partial charge in [0.15, 0.2) is 0 Å². The summed E-state index contributed by atoms with van der Waals surface area (Å²) in [6.45, 7) is 1.42. The zero-order valence-corrected chi connectivity index (χ0v) is 19.3. The Labute approximate surface area is 207 Å². The van der Waals surface area contributed by atoms with Gasteiger partial charge in [-0.1, -0.05) is 12.1 Å². The third-order valence-electron chi connectivity index (χ3n) is 6.59. The lowest BCUT2D eigenvalue weighted by Gasteiger charge is -2.42. The lowest BCUT2D eigenvalue weighted by molar-refractivity contribution is -0.143. The van der Waals surface area contributed by atoms with Crippen LogP contribution in [0.4, 0.5) is 30.7 Å². The van der Waals surface area contributed by atoms with Crippen molar-refractivity contribution in [3.05, 3.63) is 81.8 Å². The van der Waals surface area contributed by atoms with Crippen LogP contribution in [0.25, 0.3) is 0 Å². The van der Waals surface area contributed by atoms with Crippen LogP contribution in [0.5, 0.6) is 0 Å². The number of carbonyl (C=O) groups is 1. The van der Waals surface area contributed by atoms with Gasteiger partial charge in [0.05, 0.1) is 29.8 Å². The quantitative estimate of drug-likeness (QED) is 0.525. The molecule has 0 saturated carbocycles. The van der Waals surface area contributed by atoms with Crippen LogP contribution < -0.4 is 0 Å². The molecule has 3 aliphatic heterocycles. The Bertz CT molecular complexity index is 1250. The highest BCUT2D eigenvalue weighted by Crippen LogP contribution is 2.37. The van der Waals surface area contributed by atoms with Crippen molar-refractivity contribution in [2.75, 3.05) is 26.2 Å². The molecule has 196 valence electrons. The fourth-order valence-electron chi connectivity index (χ4n) is 4.89. The number of alkyl halides is 6. The van der Waals surface area contributed by atoms with Crippen LogP contribution in [0.15, 0.2) is 58.7 Å². The van der Waals surface area contributed by atoms with E-state index in [2.05, 4.69) is 4.99 Å². The van der Waals surface area contributed by atoms with Gasteiger partial charge in [0.2, 0.25) is 5.96 Å². The minimum absolute atomic E-state index is 0.0649. The van der Waals surface area contributed by atoms with E-state index in [1.165, 1.54) is 17.0 Å². The SMILES string of the molecule is O=C1C2=C(CCN(Cc3cc(C(F)(F)F)cc(C(F)(F)F)c3)C2)N2CCN=C2N1Cc1ccc(F)cc1. The van der Waals surface area contributed by atoms with Crippen molar-refractivity contribution in [3.8, 4) is 0 Å². The summed E-state index contributed by atoms with van der Waals surface area (Å²) < 4.78 is 93.0. The van der Waals surface area contributed by atoms with Gasteiger partial charge in [0.1, 0.15) is 5.82 Å². The van der Waals surface area contributed by atoms with Gasteiger partial charge in [-0.05, 0) is 41.5 Å². The molecule has 0 bridgehead atoms. The molecule has 0 radical (unpaired) electrons. The number of fused-ring (bicyclic) bond motifs is 2. The number of benzene rings is 2. The number of nitrogens with zero attached hydrogens (tertiary/aromatic N) is 4. The number of halogens is 7. The number of rotatable bonds is 4. The summed E-state index contributed by atoms with van der Waals surface area (Å²) in [5, 5.41) is 0. The summed E-state index contributed by atoms with van der Waals surface area (Å²) in [6, 6.07) is 7.23. The van der Waals surface area contributed by atoms with E-state index in [1.54, 1.807) is 17.0 Å². The molecule has 37 heavy (non-hydrogen) atoms. The van der Waals surface area contributed by atoms with E-state index < -0.39 is 29.3 Å². The Hall–Kier alpha value is -3.41. The molecule has 5 rings (SSSR count). The Balaban J connectivity index is 1.40. The first-order valence-electron chi connectivity index (χ1n) is 11.5. The van der Waals surface area contributed by atoms with E-state index >= 15 is 0 Å². The molecule has 5 nitrogen and oxygen atoms in total. The van der Waals surface area contributed by atoms with Crippen LogP contribution in [0.2, 0.25) is 0 Å². The minimum Gasteiger partial charge on any atom is -0.314 e. The van der Waals surface area contributed by atoms with Crippen LogP contribution in [-0.2, 0) is 30.2 Å². The van der Waals surface area contributed by atoms with Crippen LogP contribution in [-0.4, -0.2) is 52.7 Å². The van der Waals surface area contributed by atoms with Gasteiger partial charge in [-0.25, -0.2) is 4.39 Å². The molecule has 1 amide bonds. The minimum atomic E-state index is -4.93. The number of aliphatic imine (C=N–C) groups is 1. The largest absolute Gasteiger partial charge is 0.416 e. The van der Waals surface area contributed by atoms with Gasteiger partial charge < -0.3 is 4.90 Å². The van der Waals surface area contributed by atoms with Crippen molar-refractivity contribution in [3.63, 3.8) is 0 Å². The topological polar surface area (TPSA) is 39.2 Å². The number of hydrogen-bond donors (Lipinski definition) is 0. The maximum Gasteiger partial charge on any atom is 0.416 e. The molecule has 12 heteroatoms. The molecule has 0 aromatic heterocycles. The predicted octanol–water partition coefficient (Wildman–Crippen LogP) is 5.04. The van der Waals surface area contributed by atoms with E-state index in [4.69, 9.17) is 0 Å². The summed E-state index contributed by atoms with van der Waals surface area (Å²) in [5.41, 5.74) is -0.992. The average Bonchev–Trinajstić information content (AvgIpc) is 3.31. The molecule has 0 unspecified atom stereocenters. The molecule has 3 heterocycles. The molecular weight excluding hydrogens is 505 g/mol. The van der Waals surface area contributed by atoms with Gasteiger partial charge in [-0.2, -0.15) is 26.3 Å². The van der Waals surface area contributed by atoms with Gasteiger partial charge in [0.25, 0.3) is 5.91 Å². The number of amides is 1. The zero-order chi connectivity index (χ0) is 26.5.